The third kappa shape index (κ3) is 3.06. The van der Waals surface area contributed by atoms with E-state index >= 15 is 0 Å². The van der Waals surface area contributed by atoms with Crippen molar-refractivity contribution < 1.29 is 13.9 Å². The summed E-state index contributed by atoms with van der Waals surface area (Å²) in [7, 11) is 3.48. The Hall–Kier alpha value is -1.36. The van der Waals surface area contributed by atoms with Gasteiger partial charge in [-0.25, -0.2) is 9.37 Å². The smallest absolute Gasteiger partial charge is 0.250 e. The molecule has 1 aromatic rings. The summed E-state index contributed by atoms with van der Waals surface area (Å²) >= 11 is 0. The number of ether oxygens (including phenoxy) is 2. The molecule has 0 unspecified atom stereocenters. The van der Waals surface area contributed by atoms with Gasteiger partial charge in [0.2, 0.25) is 5.88 Å². The van der Waals surface area contributed by atoms with Crippen LogP contribution in [0.15, 0.2) is 12.3 Å². The van der Waals surface area contributed by atoms with E-state index in [4.69, 9.17) is 9.47 Å². The molecule has 0 bridgehead atoms. The predicted molar refractivity (Wildman–Crippen MR) is 61.9 cm³/mol. The average molecular weight is 240 g/mol. The fourth-order valence-electron chi connectivity index (χ4n) is 1.92. The van der Waals surface area contributed by atoms with Gasteiger partial charge in [0.05, 0.1) is 13.3 Å². The summed E-state index contributed by atoms with van der Waals surface area (Å²) in [5.41, 5.74) is 0. The maximum Gasteiger partial charge on any atom is 0.250 e. The number of pyridine rings is 1. The molecule has 4 nitrogen and oxygen atoms in total. The van der Waals surface area contributed by atoms with Crippen LogP contribution in [0.25, 0.3) is 0 Å². The van der Waals surface area contributed by atoms with Crippen molar-refractivity contribution in [2.24, 2.45) is 0 Å². The van der Waals surface area contributed by atoms with E-state index in [9.17, 15) is 4.39 Å². The second-order valence-corrected chi connectivity index (χ2v) is 4.28. The number of aromatic nitrogens is 1. The number of hydrogen-bond acceptors (Lipinski definition) is 4. The SMILES string of the molecule is COc1ncc(OC2CCN(C)CC2)cc1F. The van der Waals surface area contributed by atoms with Crippen molar-refractivity contribution in [1.82, 2.24) is 9.88 Å². The average Bonchev–Trinajstić information content (AvgIpc) is 2.32. The first-order chi connectivity index (χ1) is 8.19. The third-order valence-electron chi connectivity index (χ3n) is 2.94. The number of halogens is 1. The largest absolute Gasteiger partial charge is 0.489 e. The lowest BCUT2D eigenvalue weighted by Gasteiger charge is -2.29. The summed E-state index contributed by atoms with van der Waals surface area (Å²) in [4.78, 5) is 6.10. The monoisotopic (exact) mass is 240 g/mol. The minimum absolute atomic E-state index is 0.000674. The molecule has 1 aliphatic rings. The summed E-state index contributed by atoms with van der Waals surface area (Å²) in [6.07, 6.45) is 3.58. The number of hydrogen-bond donors (Lipinski definition) is 0. The van der Waals surface area contributed by atoms with Crippen LogP contribution in [0.4, 0.5) is 4.39 Å². The van der Waals surface area contributed by atoms with Crippen LogP contribution in [0.5, 0.6) is 11.6 Å². The highest BCUT2D eigenvalue weighted by atomic mass is 19.1. The van der Waals surface area contributed by atoms with Crippen molar-refractivity contribution in [2.75, 3.05) is 27.2 Å². The van der Waals surface area contributed by atoms with E-state index in [1.807, 2.05) is 0 Å². The van der Waals surface area contributed by atoms with Crippen LogP contribution < -0.4 is 9.47 Å². The molecular weight excluding hydrogens is 223 g/mol. The second-order valence-electron chi connectivity index (χ2n) is 4.28. The molecule has 2 rings (SSSR count). The molecule has 0 spiro atoms. The summed E-state index contributed by atoms with van der Waals surface area (Å²) in [6.45, 7) is 2.02. The van der Waals surface area contributed by atoms with Crippen LogP contribution in [0, 0.1) is 5.82 Å². The molecule has 5 heteroatoms. The summed E-state index contributed by atoms with van der Waals surface area (Å²) < 4.78 is 23.8. The fraction of sp³-hybridized carbons (Fsp3) is 0.583. The first kappa shape index (κ1) is 12.1. The molecular formula is C12H17FN2O2. The van der Waals surface area contributed by atoms with Crippen molar-refractivity contribution in [2.45, 2.75) is 18.9 Å². The highest BCUT2D eigenvalue weighted by Crippen LogP contribution is 2.22. The summed E-state index contributed by atoms with van der Waals surface area (Å²) in [6, 6.07) is 1.32. The molecule has 94 valence electrons. The van der Waals surface area contributed by atoms with Gasteiger partial charge in [-0.05, 0) is 19.9 Å². The first-order valence-corrected chi connectivity index (χ1v) is 5.74. The molecule has 2 heterocycles. The van der Waals surface area contributed by atoms with Crippen molar-refractivity contribution >= 4 is 0 Å². The summed E-state index contributed by atoms with van der Waals surface area (Å²) in [5.74, 6) is -0.0171. The lowest BCUT2D eigenvalue weighted by atomic mass is 10.1. The molecule has 0 aliphatic carbocycles. The molecule has 1 aromatic heterocycles. The Morgan fingerprint density at radius 2 is 2.12 bits per heavy atom. The second kappa shape index (κ2) is 5.31. The molecule has 1 aliphatic heterocycles. The Labute approximate surface area is 100 Å². The van der Waals surface area contributed by atoms with Gasteiger partial charge in [0.15, 0.2) is 5.82 Å². The van der Waals surface area contributed by atoms with Gasteiger partial charge in [0.1, 0.15) is 11.9 Å². The zero-order valence-electron chi connectivity index (χ0n) is 10.1. The predicted octanol–water partition coefficient (Wildman–Crippen LogP) is 1.70. The van der Waals surface area contributed by atoms with Gasteiger partial charge >= 0.3 is 0 Å². The van der Waals surface area contributed by atoms with Crippen LogP contribution in [-0.4, -0.2) is 43.2 Å². The molecule has 0 saturated carbocycles. The summed E-state index contributed by atoms with van der Waals surface area (Å²) in [5, 5.41) is 0. The van der Waals surface area contributed by atoms with E-state index in [-0.39, 0.29) is 12.0 Å². The van der Waals surface area contributed by atoms with E-state index in [2.05, 4.69) is 16.9 Å². The maximum atomic E-state index is 13.4. The minimum atomic E-state index is -0.488. The van der Waals surface area contributed by atoms with Crippen molar-refractivity contribution in [3.63, 3.8) is 0 Å². The van der Waals surface area contributed by atoms with Crippen molar-refractivity contribution in [3.8, 4) is 11.6 Å². The topological polar surface area (TPSA) is 34.6 Å². The van der Waals surface area contributed by atoms with Gasteiger partial charge in [0.25, 0.3) is 0 Å². The van der Waals surface area contributed by atoms with Crippen LogP contribution in [-0.2, 0) is 0 Å². The zero-order valence-corrected chi connectivity index (χ0v) is 10.1. The first-order valence-electron chi connectivity index (χ1n) is 5.74. The van der Waals surface area contributed by atoms with Crippen molar-refractivity contribution in [1.29, 1.82) is 0 Å². The molecule has 1 saturated heterocycles. The van der Waals surface area contributed by atoms with Crippen LogP contribution in [0.1, 0.15) is 12.8 Å². The molecule has 0 aromatic carbocycles. The normalized spacial score (nSPS) is 18.1. The van der Waals surface area contributed by atoms with Gasteiger partial charge in [-0.15, -0.1) is 0 Å². The Bertz CT molecular complexity index is 379. The van der Waals surface area contributed by atoms with Gasteiger partial charge in [0, 0.05) is 19.2 Å². The number of methoxy groups -OCH3 is 1. The van der Waals surface area contributed by atoms with E-state index in [0.717, 1.165) is 25.9 Å². The van der Waals surface area contributed by atoms with Gasteiger partial charge in [-0.1, -0.05) is 0 Å². The molecule has 17 heavy (non-hydrogen) atoms. The standard InChI is InChI=1S/C12H17FN2O2/c1-15-5-3-9(4-6-15)17-10-7-11(13)12(16-2)14-8-10/h7-9H,3-6H2,1-2H3. The Balaban J connectivity index is 1.97. The molecule has 0 N–H and O–H groups in total. The number of nitrogens with zero attached hydrogens (tertiary/aromatic N) is 2. The number of likely N-dealkylation sites (tertiary alicyclic amines) is 1. The minimum Gasteiger partial charge on any atom is -0.489 e. The van der Waals surface area contributed by atoms with Crippen molar-refractivity contribution in [3.05, 3.63) is 18.1 Å². The lowest BCUT2D eigenvalue weighted by molar-refractivity contribution is 0.113. The molecule has 0 radical (unpaired) electrons. The van der Waals surface area contributed by atoms with Crippen LogP contribution in [0.2, 0.25) is 0 Å². The van der Waals surface area contributed by atoms with Gasteiger partial charge < -0.3 is 14.4 Å². The lowest BCUT2D eigenvalue weighted by Crippen LogP contribution is -2.35. The highest BCUT2D eigenvalue weighted by Gasteiger charge is 2.18. The van der Waals surface area contributed by atoms with E-state index in [1.54, 1.807) is 0 Å². The fourth-order valence-corrected chi connectivity index (χ4v) is 1.92. The van der Waals surface area contributed by atoms with Crippen LogP contribution in [0.3, 0.4) is 0 Å². The third-order valence-corrected chi connectivity index (χ3v) is 2.94. The molecule has 1 fully saturated rings. The van der Waals surface area contributed by atoms with Gasteiger partial charge in [-0.3, -0.25) is 0 Å². The van der Waals surface area contributed by atoms with Gasteiger partial charge in [-0.2, -0.15) is 0 Å². The zero-order chi connectivity index (χ0) is 12.3. The molecule has 0 amide bonds. The Morgan fingerprint density at radius 1 is 1.41 bits per heavy atom. The van der Waals surface area contributed by atoms with Crippen LogP contribution >= 0.6 is 0 Å². The molecule has 0 atom stereocenters. The van der Waals surface area contributed by atoms with E-state index < -0.39 is 5.82 Å². The quantitative estimate of drug-likeness (QED) is 0.805. The Kier molecular flexibility index (Phi) is 3.78. The number of piperidine rings is 1. The van der Waals surface area contributed by atoms with E-state index in [0.29, 0.717) is 5.75 Å². The highest BCUT2D eigenvalue weighted by molar-refractivity contribution is 5.25. The maximum absolute atomic E-state index is 13.4. The number of rotatable bonds is 3. The Morgan fingerprint density at radius 3 is 2.71 bits per heavy atom. The van der Waals surface area contributed by atoms with E-state index in [1.165, 1.54) is 19.4 Å².